The molecule has 0 heterocycles. The van der Waals surface area contributed by atoms with Gasteiger partial charge in [-0.1, -0.05) is 19.1 Å². The number of aryl methyl sites for hydroxylation is 1. The number of nitrogens with one attached hydrogen (secondary N) is 1. The summed E-state index contributed by atoms with van der Waals surface area (Å²) in [4.78, 5) is 4.21. The van der Waals surface area contributed by atoms with E-state index >= 15 is 0 Å². The number of benzene rings is 2. The Morgan fingerprint density at radius 3 is 2.61 bits per heavy atom. The highest BCUT2D eigenvalue weighted by molar-refractivity contribution is 9.10. The van der Waals surface area contributed by atoms with Gasteiger partial charge in [0.1, 0.15) is 0 Å². The van der Waals surface area contributed by atoms with Crippen LogP contribution in [-0.2, 0) is 12.6 Å². The van der Waals surface area contributed by atoms with E-state index in [1.54, 1.807) is 0 Å². The van der Waals surface area contributed by atoms with Crippen molar-refractivity contribution in [2.75, 3.05) is 5.32 Å². The number of rotatable bonds is 3. The van der Waals surface area contributed by atoms with Gasteiger partial charge in [0.2, 0.25) is 0 Å². The Bertz CT molecular complexity index is 727. The summed E-state index contributed by atoms with van der Waals surface area (Å²) in [6.45, 7) is 2.01. The summed E-state index contributed by atoms with van der Waals surface area (Å²) in [6, 6.07) is 10.5. The second kappa shape index (κ2) is 7.04. The predicted octanol–water partition coefficient (Wildman–Crippen LogP) is 5.09. The number of guanidine groups is 1. The maximum atomic E-state index is 12.7. The second-order valence-corrected chi connectivity index (χ2v) is 5.69. The smallest absolute Gasteiger partial charge is 0.369 e. The Labute approximate surface area is 140 Å². The molecular formula is C16H15BrF3N3. The summed E-state index contributed by atoms with van der Waals surface area (Å²) in [5.41, 5.74) is 6.97. The van der Waals surface area contributed by atoms with Crippen molar-refractivity contribution in [3.05, 3.63) is 58.1 Å². The lowest BCUT2D eigenvalue weighted by Crippen LogP contribution is -2.22. The van der Waals surface area contributed by atoms with Crippen molar-refractivity contribution in [1.82, 2.24) is 0 Å². The van der Waals surface area contributed by atoms with Crippen LogP contribution in [0.1, 0.15) is 18.1 Å². The zero-order valence-electron chi connectivity index (χ0n) is 12.3. The monoisotopic (exact) mass is 385 g/mol. The molecule has 0 spiro atoms. The summed E-state index contributed by atoms with van der Waals surface area (Å²) in [6.07, 6.45) is -3.56. The maximum Gasteiger partial charge on any atom is 0.416 e. The van der Waals surface area contributed by atoms with Crippen LogP contribution in [-0.4, -0.2) is 5.96 Å². The molecule has 0 atom stereocenters. The molecule has 0 aliphatic carbocycles. The normalized spacial score (nSPS) is 12.3. The molecule has 0 saturated carbocycles. The lowest BCUT2D eigenvalue weighted by atomic mass is 10.1. The molecular weight excluding hydrogens is 371 g/mol. The average Bonchev–Trinajstić information content (AvgIpc) is 2.49. The van der Waals surface area contributed by atoms with Crippen LogP contribution in [0.4, 0.5) is 24.5 Å². The first-order valence-corrected chi connectivity index (χ1v) is 7.65. The van der Waals surface area contributed by atoms with Crippen LogP contribution in [0.15, 0.2) is 51.9 Å². The van der Waals surface area contributed by atoms with Gasteiger partial charge in [-0.3, -0.25) is 0 Å². The van der Waals surface area contributed by atoms with Crippen molar-refractivity contribution >= 4 is 33.3 Å². The quantitative estimate of drug-likeness (QED) is 0.571. The van der Waals surface area contributed by atoms with E-state index in [4.69, 9.17) is 5.73 Å². The lowest BCUT2D eigenvalue weighted by molar-refractivity contribution is -0.137. The summed E-state index contributed by atoms with van der Waals surface area (Å²) in [7, 11) is 0. The van der Waals surface area contributed by atoms with Crippen molar-refractivity contribution in [3.63, 3.8) is 0 Å². The van der Waals surface area contributed by atoms with E-state index in [2.05, 4.69) is 26.2 Å². The van der Waals surface area contributed by atoms with Crippen LogP contribution in [0.3, 0.4) is 0 Å². The Kier molecular flexibility index (Phi) is 5.30. The molecule has 7 heteroatoms. The first kappa shape index (κ1) is 17.3. The standard InChI is InChI=1S/C16H15BrF3N3/c1-2-10-6-7-13(17)14(8-10)23-15(21)22-12-5-3-4-11(9-12)16(18,19)20/h3-9H,2H2,1H3,(H3,21,22,23). The van der Waals surface area contributed by atoms with Crippen molar-refractivity contribution < 1.29 is 13.2 Å². The number of anilines is 1. The summed E-state index contributed by atoms with van der Waals surface area (Å²) < 4.78 is 38.8. The van der Waals surface area contributed by atoms with E-state index in [0.29, 0.717) is 5.69 Å². The fraction of sp³-hybridized carbons (Fsp3) is 0.188. The number of hydrogen-bond acceptors (Lipinski definition) is 1. The van der Waals surface area contributed by atoms with Crippen molar-refractivity contribution in [3.8, 4) is 0 Å². The Balaban J connectivity index is 2.23. The van der Waals surface area contributed by atoms with Gasteiger partial charge in [-0.25, -0.2) is 4.99 Å². The molecule has 23 heavy (non-hydrogen) atoms. The highest BCUT2D eigenvalue weighted by Gasteiger charge is 2.30. The van der Waals surface area contributed by atoms with E-state index in [1.807, 2.05) is 25.1 Å². The minimum atomic E-state index is -4.40. The zero-order valence-corrected chi connectivity index (χ0v) is 13.9. The van der Waals surface area contributed by atoms with Crippen LogP contribution in [0.2, 0.25) is 0 Å². The summed E-state index contributed by atoms with van der Waals surface area (Å²) in [5.74, 6) is 0.0123. The molecule has 0 radical (unpaired) electrons. The van der Waals surface area contributed by atoms with Gasteiger partial charge in [0.25, 0.3) is 0 Å². The van der Waals surface area contributed by atoms with Gasteiger partial charge in [0.05, 0.1) is 11.3 Å². The molecule has 2 aromatic rings. The van der Waals surface area contributed by atoms with E-state index < -0.39 is 11.7 Å². The zero-order chi connectivity index (χ0) is 17.0. The average molecular weight is 386 g/mol. The molecule has 3 nitrogen and oxygen atoms in total. The molecule has 0 fully saturated rings. The van der Waals surface area contributed by atoms with Crippen molar-refractivity contribution in [1.29, 1.82) is 0 Å². The summed E-state index contributed by atoms with van der Waals surface area (Å²) in [5, 5.41) is 2.67. The number of nitrogens with zero attached hydrogens (tertiary/aromatic N) is 1. The molecule has 0 amide bonds. The highest BCUT2D eigenvalue weighted by atomic mass is 79.9. The van der Waals surface area contributed by atoms with Crippen LogP contribution in [0.25, 0.3) is 0 Å². The Hall–Kier alpha value is -2.02. The third-order valence-corrected chi connectivity index (χ3v) is 3.79. The van der Waals surface area contributed by atoms with E-state index in [9.17, 15) is 13.2 Å². The number of nitrogens with two attached hydrogens (primary N) is 1. The SMILES string of the molecule is CCc1ccc(Br)c(N=C(N)Nc2cccc(C(F)(F)F)c2)c1. The van der Waals surface area contributed by atoms with E-state index in [-0.39, 0.29) is 11.6 Å². The molecule has 0 unspecified atom stereocenters. The molecule has 0 bridgehead atoms. The molecule has 0 aromatic heterocycles. The first-order chi connectivity index (χ1) is 10.8. The van der Waals surface area contributed by atoms with Gasteiger partial charge in [-0.2, -0.15) is 13.2 Å². The van der Waals surface area contributed by atoms with Gasteiger partial charge >= 0.3 is 6.18 Å². The summed E-state index contributed by atoms with van der Waals surface area (Å²) >= 11 is 3.37. The van der Waals surface area contributed by atoms with Crippen LogP contribution < -0.4 is 11.1 Å². The third kappa shape index (κ3) is 4.72. The lowest BCUT2D eigenvalue weighted by Gasteiger charge is -2.10. The number of alkyl halides is 3. The molecule has 3 N–H and O–H groups in total. The Morgan fingerprint density at radius 1 is 1.22 bits per heavy atom. The number of hydrogen-bond donors (Lipinski definition) is 2. The van der Waals surface area contributed by atoms with Crippen LogP contribution >= 0.6 is 15.9 Å². The third-order valence-electron chi connectivity index (χ3n) is 3.12. The van der Waals surface area contributed by atoms with E-state index in [0.717, 1.165) is 28.6 Å². The predicted molar refractivity (Wildman–Crippen MR) is 89.9 cm³/mol. The van der Waals surface area contributed by atoms with Crippen LogP contribution in [0.5, 0.6) is 0 Å². The van der Waals surface area contributed by atoms with Gasteiger partial charge in [0.15, 0.2) is 5.96 Å². The van der Waals surface area contributed by atoms with Crippen LogP contribution in [0, 0.1) is 0 Å². The van der Waals surface area contributed by atoms with Gasteiger partial charge in [0, 0.05) is 10.2 Å². The molecule has 0 saturated heterocycles. The number of aliphatic imine (C=N–C) groups is 1. The Morgan fingerprint density at radius 2 is 1.96 bits per heavy atom. The van der Waals surface area contributed by atoms with Crippen molar-refractivity contribution in [2.24, 2.45) is 10.7 Å². The fourth-order valence-electron chi connectivity index (χ4n) is 1.94. The second-order valence-electron chi connectivity index (χ2n) is 4.84. The van der Waals surface area contributed by atoms with Gasteiger partial charge in [-0.15, -0.1) is 0 Å². The van der Waals surface area contributed by atoms with Crippen molar-refractivity contribution in [2.45, 2.75) is 19.5 Å². The largest absolute Gasteiger partial charge is 0.416 e. The van der Waals surface area contributed by atoms with Gasteiger partial charge in [-0.05, 0) is 58.2 Å². The topological polar surface area (TPSA) is 50.4 Å². The van der Waals surface area contributed by atoms with E-state index in [1.165, 1.54) is 12.1 Å². The highest BCUT2D eigenvalue weighted by Crippen LogP contribution is 2.31. The maximum absolute atomic E-state index is 12.7. The fourth-order valence-corrected chi connectivity index (χ4v) is 2.28. The number of halogens is 4. The molecule has 2 rings (SSSR count). The molecule has 122 valence electrons. The molecule has 0 aliphatic rings. The van der Waals surface area contributed by atoms with Gasteiger partial charge < -0.3 is 11.1 Å². The first-order valence-electron chi connectivity index (χ1n) is 6.86. The minimum absolute atomic E-state index is 0.0123. The molecule has 2 aromatic carbocycles. The minimum Gasteiger partial charge on any atom is -0.369 e. The molecule has 0 aliphatic heterocycles.